The van der Waals surface area contributed by atoms with E-state index in [0.29, 0.717) is 11.9 Å². The molecule has 1 unspecified atom stereocenters. The largest absolute Gasteiger partial charge is 0.417 e. The quantitative estimate of drug-likeness (QED) is 0.673. The molecule has 0 saturated carbocycles. The fraction of sp³-hybridized carbons (Fsp3) is 0.158. The molecule has 0 fully saturated rings. The average Bonchev–Trinajstić information content (AvgIpc) is 3.07. The Morgan fingerprint density at radius 3 is 2.52 bits per heavy atom. The molecule has 1 N–H and O–H groups in total. The van der Waals surface area contributed by atoms with Crippen molar-refractivity contribution in [3.63, 3.8) is 0 Å². The number of carbonyl (C=O) groups is 1. The number of rotatable bonds is 4. The number of nitrogens with one attached hydrogen (secondary N) is 1. The van der Waals surface area contributed by atoms with Crippen LogP contribution in [0.2, 0.25) is 0 Å². The predicted octanol–water partition coefficient (Wildman–Crippen LogP) is 3.73. The second kappa shape index (κ2) is 7.71. The first-order chi connectivity index (χ1) is 13.7. The molecule has 1 aromatic carbocycles. The van der Waals surface area contributed by atoms with E-state index in [4.69, 9.17) is 0 Å². The van der Waals surface area contributed by atoms with Crippen LogP contribution in [0.25, 0.3) is 5.82 Å². The Bertz CT molecular complexity index is 1080. The molecule has 1 amide bonds. The van der Waals surface area contributed by atoms with Crippen LogP contribution in [0, 0.1) is 24.1 Å². The minimum atomic E-state index is -4.52. The monoisotopic (exact) mass is 403 g/mol. The SMILES string of the molecule is Cc1c(C(=O)NC(C#N)c2ccccc2F)cnn1-c1ccc(C(F)(F)F)cn1. The Kier molecular flexibility index (Phi) is 5.32. The van der Waals surface area contributed by atoms with E-state index in [1.807, 2.05) is 6.07 Å². The van der Waals surface area contributed by atoms with Gasteiger partial charge in [0.05, 0.1) is 29.1 Å². The molecule has 2 aromatic heterocycles. The average molecular weight is 403 g/mol. The number of amides is 1. The van der Waals surface area contributed by atoms with Crippen molar-refractivity contribution in [2.45, 2.75) is 19.1 Å². The normalized spacial score (nSPS) is 12.3. The Balaban J connectivity index is 1.84. The van der Waals surface area contributed by atoms with Crippen molar-refractivity contribution < 1.29 is 22.4 Å². The Morgan fingerprint density at radius 1 is 1.21 bits per heavy atom. The highest BCUT2D eigenvalue weighted by molar-refractivity contribution is 5.95. The number of aromatic nitrogens is 3. The smallest absolute Gasteiger partial charge is 0.332 e. The number of halogens is 4. The summed E-state index contributed by atoms with van der Waals surface area (Å²) < 4.78 is 53.1. The van der Waals surface area contributed by atoms with Crippen molar-refractivity contribution in [2.24, 2.45) is 0 Å². The third kappa shape index (κ3) is 4.08. The molecule has 3 aromatic rings. The van der Waals surface area contributed by atoms with E-state index in [1.54, 1.807) is 0 Å². The van der Waals surface area contributed by atoms with Crippen LogP contribution in [0.4, 0.5) is 17.6 Å². The molecule has 1 atom stereocenters. The molecule has 0 radical (unpaired) electrons. The maximum absolute atomic E-state index is 13.9. The van der Waals surface area contributed by atoms with Crippen LogP contribution >= 0.6 is 0 Å². The summed E-state index contributed by atoms with van der Waals surface area (Å²) in [6, 6.07) is 8.12. The van der Waals surface area contributed by atoms with E-state index < -0.39 is 29.5 Å². The molecule has 10 heteroatoms. The van der Waals surface area contributed by atoms with E-state index in [9.17, 15) is 27.6 Å². The van der Waals surface area contributed by atoms with Gasteiger partial charge in [0.1, 0.15) is 11.9 Å². The third-order valence-electron chi connectivity index (χ3n) is 4.17. The third-order valence-corrected chi connectivity index (χ3v) is 4.17. The topological polar surface area (TPSA) is 83.6 Å². The van der Waals surface area contributed by atoms with Gasteiger partial charge in [-0.3, -0.25) is 4.79 Å². The Labute approximate surface area is 162 Å². The summed E-state index contributed by atoms with van der Waals surface area (Å²) in [4.78, 5) is 16.3. The fourth-order valence-corrected chi connectivity index (χ4v) is 2.64. The Hall–Kier alpha value is -3.74. The molecule has 29 heavy (non-hydrogen) atoms. The predicted molar refractivity (Wildman–Crippen MR) is 93.3 cm³/mol. The van der Waals surface area contributed by atoms with Gasteiger partial charge in [-0.1, -0.05) is 18.2 Å². The first-order valence-corrected chi connectivity index (χ1v) is 8.25. The highest BCUT2D eigenvalue weighted by Gasteiger charge is 2.31. The fourth-order valence-electron chi connectivity index (χ4n) is 2.64. The summed E-state index contributed by atoms with van der Waals surface area (Å²) in [6.45, 7) is 1.52. The lowest BCUT2D eigenvalue weighted by Crippen LogP contribution is -2.28. The standard InChI is InChI=1S/C19H13F4N5O/c1-11-14(18(29)27-16(8-24)13-4-2-3-5-15(13)20)10-26-28(11)17-7-6-12(9-25-17)19(21,22)23/h2-7,9-10,16H,1H3,(H,27,29). The van der Waals surface area contributed by atoms with Crippen molar-refractivity contribution in [1.29, 1.82) is 5.26 Å². The van der Waals surface area contributed by atoms with Crippen LogP contribution in [0.15, 0.2) is 48.8 Å². The highest BCUT2D eigenvalue weighted by atomic mass is 19.4. The summed E-state index contributed by atoms with van der Waals surface area (Å²) in [5.74, 6) is -1.24. The molecular weight excluding hydrogens is 390 g/mol. The van der Waals surface area contributed by atoms with Crippen molar-refractivity contribution in [1.82, 2.24) is 20.1 Å². The number of alkyl halides is 3. The van der Waals surface area contributed by atoms with Crippen molar-refractivity contribution in [3.8, 4) is 11.9 Å². The van der Waals surface area contributed by atoms with Gasteiger partial charge in [0.2, 0.25) is 0 Å². The van der Waals surface area contributed by atoms with E-state index in [1.165, 1.54) is 42.1 Å². The summed E-state index contributed by atoms with van der Waals surface area (Å²) in [5.41, 5.74) is -0.535. The lowest BCUT2D eigenvalue weighted by atomic mass is 10.1. The Morgan fingerprint density at radius 2 is 1.93 bits per heavy atom. The van der Waals surface area contributed by atoms with Crippen LogP contribution in [0.1, 0.15) is 33.2 Å². The minimum absolute atomic E-state index is 0.0119. The summed E-state index contributed by atoms with van der Waals surface area (Å²) in [5, 5.41) is 15.7. The van der Waals surface area contributed by atoms with Gasteiger partial charge in [-0.25, -0.2) is 14.1 Å². The molecular formula is C19H13F4N5O. The lowest BCUT2D eigenvalue weighted by Gasteiger charge is -2.12. The molecule has 148 valence electrons. The van der Waals surface area contributed by atoms with Gasteiger partial charge < -0.3 is 5.32 Å². The lowest BCUT2D eigenvalue weighted by molar-refractivity contribution is -0.137. The zero-order valence-corrected chi connectivity index (χ0v) is 14.9. The second-order valence-corrected chi connectivity index (χ2v) is 6.02. The van der Waals surface area contributed by atoms with Crippen LogP contribution in [-0.2, 0) is 6.18 Å². The van der Waals surface area contributed by atoms with Gasteiger partial charge in [-0.05, 0) is 25.1 Å². The van der Waals surface area contributed by atoms with Gasteiger partial charge in [0, 0.05) is 11.8 Å². The van der Waals surface area contributed by atoms with Crippen molar-refractivity contribution >= 4 is 5.91 Å². The van der Waals surface area contributed by atoms with Crippen LogP contribution in [0.5, 0.6) is 0 Å². The van der Waals surface area contributed by atoms with E-state index in [0.717, 1.165) is 12.1 Å². The molecule has 0 aliphatic carbocycles. The van der Waals surface area contributed by atoms with Gasteiger partial charge in [-0.2, -0.15) is 23.5 Å². The summed E-state index contributed by atoms with van der Waals surface area (Å²) in [6.07, 6.45) is -2.66. The van der Waals surface area contributed by atoms with E-state index >= 15 is 0 Å². The van der Waals surface area contributed by atoms with E-state index in [2.05, 4.69) is 15.4 Å². The van der Waals surface area contributed by atoms with Gasteiger partial charge >= 0.3 is 6.18 Å². The number of benzene rings is 1. The molecule has 2 heterocycles. The maximum Gasteiger partial charge on any atom is 0.417 e. The van der Waals surface area contributed by atoms with Crippen LogP contribution in [-0.4, -0.2) is 20.7 Å². The summed E-state index contributed by atoms with van der Waals surface area (Å²) in [7, 11) is 0. The first-order valence-electron chi connectivity index (χ1n) is 8.25. The van der Waals surface area contributed by atoms with Crippen molar-refractivity contribution in [3.05, 3.63) is 77.0 Å². The summed E-state index contributed by atoms with van der Waals surface area (Å²) >= 11 is 0. The maximum atomic E-state index is 13.9. The number of hydrogen-bond donors (Lipinski definition) is 1. The molecule has 0 aliphatic rings. The zero-order chi connectivity index (χ0) is 21.2. The zero-order valence-electron chi connectivity index (χ0n) is 14.9. The first kappa shape index (κ1) is 20.0. The molecule has 0 saturated heterocycles. The number of nitrogens with zero attached hydrogens (tertiary/aromatic N) is 4. The number of carbonyl (C=O) groups excluding carboxylic acids is 1. The van der Waals surface area contributed by atoms with Crippen LogP contribution < -0.4 is 5.32 Å². The van der Waals surface area contributed by atoms with Crippen molar-refractivity contribution in [2.75, 3.05) is 0 Å². The number of hydrogen-bond acceptors (Lipinski definition) is 4. The molecule has 0 spiro atoms. The van der Waals surface area contributed by atoms with Gasteiger partial charge in [0.25, 0.3) is 5.91 Å². The number of pyridine rings is 1. The molecule has 0 aliphatic heterocycles. The highest BCUT2D eigenvalue weighted by Crippen LogP contribution is 2.29. The van der Waals surface area contributed by atoms with Gasteiger partial charge in [0.15, 0.2) is 5.82 Å². The number of nitriles is 1. The van der Waals surface area contributed by atoms with E-state index in [-0.39, 0.29) is 16.9 Å². The van der Waals surface area contributed by atoms with Crippen LogP contribution in [0.3, 0.4) is 0 Å². The molecule has 6 nitrogen and oxygen atoms in total. The molecule has 0 bridgehead atoms. The van der Waals surface area contributed by atoms with Gasteiger partial charge in [-0.15, -0.1) is 0 Å². The minimum Gasteiger partial charge on any atom is -0.332 e. The molecule has 3 rings (SSSR count). The second-order valence-electron chi connectivity index (χ2n) is 6.02.